The van der Waals surface area contributed by atoms with Gasteiger partial charge in [-0.2, -0.15) is 0 Å². The van der Waals surface area contributed by atoms with Gasteiger partial charge < -0.3 is 0 Å². The van der Waals surface area contributed by atoms with Gasteiger partial charge in [0.2, 0.25) is 0 Å². The molecule has 6 nitrogen and oxygen atoms in total. The summed E-state index contributed by atoms with van der Waals surface area (Å²) in [6.45, 7) is 5.32. The van der Waals surface area contributed by atoms with Crippen molar-refractivity contribution in [3.8, 4) is 17.3 Å². The van der Waals surface area contributed by atoms with Gasteiger partial charge in [0.05, 0.1) is 0 Å². The SMILES string of the molecule is C[C@@]1(C#N)COCc2ccc(C(=O)NCC3=C[I-]C=c4ccc(-c5cccc(N6CCC6)c5)nc4=C3)cc21. The Labute approximate surface area is 232 Å². The fourth-order valence-electron chi connectivity index (χ4n) is 4.94. The van der Waals surface area contributed by atoms with Gasteiger partial charge in [-0.1, -0.05) is 0 Å². The summed E-state index contributed by atoms with van der Waals surface area (Å²) < 4.78 is 10.1. The number of hydrogen-bond donors (Lipinski definition) is 1. The monoisotopic (exact) mass is 615 g/mol. The van der Waals surface area contributed by atoms with E-state index in [1.807, 2.05) is 25.1 Å². The molecule has 3 aromatic rings. The van der Waals surface area contributed by atoms with Crippen LogP contribution in [0.5, 0.6) is 0 Å². The van der Waals surface area contributed by atoms with Crippen molar-refractivity contribution in [3.63, 3.8) is 0 Å². The summed E-state index contributed by atoms with van der Waals surface area (Å²) in [5, 5.41) is 14.9. The molecule has 0 bridgehead atoms. The molecule has 0 spiro atoms. The fraction of sp³-hybridized carbons (Fsp3) is 0.258. The maximum absolute atomic E-state index is 13.1. The molecule has 6 rings (SSSR count). The Morgan fingerprint density at radius 1 is 1.18 bits per heavy atom. The Hall–Kier alpha value is -3.48. The van der Waals surface area contributed by atoms with E-state index in [1.165, 1.54) is 12.1 Å². The first kappa shape index (κ1) is 24.8. The summed E-state index contributed by atoms with van der Waals surface area (Å²) in [5.41, 5.74) is 6.04. The number of benzene rings is 2. The fourth-order valence-corrected chi connectivity index (χ4v) is 6.90. The van der Waals surface area contributed by atoms with Gasteiger partial charge in [-0.05, 0) is 0 Å². The molecule has 3 aliphatic heterocycles. The number of ether oxygens (including phenoxy) is 1. The third-order valence-electron chi connectivity index (χ3n) is 7.34. The van der Waals surface area contributed by atoms with Gasteiger partial charge in [-0.15, -0.1) is 0 Å². The van der Waals surface area contributed by atoms with Crippen molar-refractivity contribution in [2.24, 2.45) is 0 Å². The second-order valence-electron chi connectivity index (χ2n) is 10.1. The molecule has 1 aromatic heterocycles. The van der Waals surface area contributed by atoms with Crippen LogP contribution in [0.3, 0.4) is 0 Å². The predicted octanol–water partition coefficient (Wildman–Crippen LogP) is 0.205. The van der Waals surface area contributed by atoms with E-state index in [9.17, 15) is 10.1 Å². The first-order chi connectivity index (χ1) is 18.5. The van der Waals surface area contributed by atoms with E-state index in [1.54, 1.807) is 0 Å². The zero-order chi connectivity index (χ0) is 26.1. The molecule has 2 aromatic carbocycles. The normalized spacial score (nSPS) is 20.0. The van der Waals surface area contributed by atoms with E-state index >= 15 is 0 Å². The van der Waals surface area contributed by atoms with Crippen LogP contribution >= 0.6 is 0 Å². The van der Waals surface area contributed by atoms with Crippen molar-refractivity contribution >= 4 is 21.8 Å². The standard InChI is InChI=1S/C31H28IN4O2/c1-31(19-33)20-38-18-25-7-6-23(14-27(25)31)30(37)34-17-21-12-29-24(16-32-15-21)8-9-28(35-29)22-4-2-5-26(13-22)36-10-3-11-36/h2,4-9,12-16H,3,10-11,17-18,20H2,1H3,(H,34,37)/q-1/t31-/m1/s1. The summed E-state index contributed by atoms with van der Waals surface area (Å²) in [4.78, 5) is 20.5. The molecule has 4 heterocycles. The number of hydrogen-bond acceptors (Lipinski definition) is 5. The van der Waals surface area contributed by atoms with E-state index in [-0.39, 0.29) is 27.1 Å². The molecule has 192 valence electrons. The van der Waals surface area contributed by atoms with E-state index in [0.29, 0.717) is 25.3 Å². The van der Waals surface area contributed by atoms with Crippen molar-refractivity contribution in [1.82, 2.24) is 10.3 Å². The average Bonchev–Trinajstić information content (AvgIpc) is 3.12. The van der Waals surface area contributed by atoms with Gasteiger partial charge in [-0.3, -0.25) is 0 Å². The molecule has 0 aliphatic carbocycles. The second kappa shape index (κ2) is 10.4. The third-order valence-corrected chi connectivity index (χ3v) is 9.53. The first-order valence-electron chi connectivity index (χ1n) is 12.8. The Bertz CT molecular complexity index is 1620. The van der Waals surface area contributed by atoms with Crippen molar-refractivity contribution in [1.29, 1.82) is 5.26 Å². The Balaban J connectivity index is 1.21. The predicted molar refractivity (Wildman–Crippen MR) is 144 cm³/mol. The van der Waals surface area contributed by atoms with Crippen molar-refractivity contribution in [2.75, 3.05) is 31.1 Å². The van der Waals surface area contributed by atoms with Crippen molar-refractivity contribution in [2.45, 2.75) is 25.4 Å². The van der Waals surface area contributed by atoms with Crippen LogP contribution < -0.4 is 42.0 Å². The molecule has 0 unspecified atom stereocenters. The number of nitrogens with one attached hydrogen (secondary N) is 1. The number of amides is 1. The number of halogens is 1. The Morgan fingerprint density at radius 3 is 2.89 bits per heavy atom. The number of nitriles is 1. The van der Waals surface area contributed by atoms with Crippen LogP contribution in [0.2, 0.25) is 0 Å². The summed E-state index contributed by atoms with van der Waals surface area (Å²) >= 11 is -0.292. The number of nitrogens with zero attached hydrogens (tertiary/aromatic N) is 3. The van der Waals surface area contributed by atoms with Crippen molar-refractivity contribution in [3.05, 3.63) is 91.5 Å². The number of carbonyl (C=O) groups is 1. The van der Waals surface area contributed by atoms with Crippen LogP contribution in [-0.2, 0) is 16.8 Å². The minimum absolute atomic E-state index is 0.148. The molecule has 38 heavy (non-hydrogen) atoms. The molecule has 1 N–H and O–H groups in total. The molecule has 7 heteroatoms. The number of anilines is 1. The molecular formula is C31H28IN4O2-. The molecule has 1 fully saturated rings. The maximum atomic E-state index is 13.1. The number of pyridine rings is 1. The molecule has 0 radical (unpaired) electrons. The van der Waals surface area contributed by atoms with E-state index in [0.717, 1.165) is 51.6 Å². The zero-order valence-corrected chi connectivity index (χ0v) is 23.4. The number of aromatic nitrogens is 1. The summed E-state index contributed by atoms with van der Waals surface area (Å²) in [5.74, 6) is -0.148. The van der Waals surface area contributed by atoms with Gasteiger partial charge >= 0.3 is 233 Å². The minimum atomic E-state index is -0.746. The summed E-state index contributed by atoms with van der Waals surface area (Å²) in [6.07, 6.45) is 3.35. The van der Waals surface area contributed by atoms with E-state index in [4.69, 9.17) is 9.72 Å². The van der Waals surface area contributed by atoms with Gasteiger partial charge in [0, 0.05) is 0 Å². The second-order valence-corrected chi connectivity index (χ2v) is 12.1. The van der Waals surface area contributed by atoms with Gasteiger partial charge in [-0.25, -0.2) is 0 Å². The van der Waals surface area contributed by atoms with Gasteiger partial charge in [0.25, 0.3) is 0 Å². The third kappa shape index (κ3) is 4.86. The number of carbonyl (C=O) groups excluding carboxylic acids is 1. The van der Waals surface area contributed by atoms with Crippen LogP contribution in [0.4, 0.5) is 5.69 Å². The zero-order valence-electron chi connectivity index (χ0n) is 21.2. The van der Waals surface area contributed by atoms with Crippen molar-refractivity contribution < 1.29 is 30.7 Å². The Kier molecular flexibility index (Phi) is 6.76. The molecule has 1 saturated heterocycles. The average molecular weight is 615 g/mol. The molecule has 1 amide bonds. The summed E-state index contributed by atoms with van der Waals surface area (Å²) in [6, 6.07) is 20.8. The van der Waals surface area contributed by atoms with E-state index in [2.05, 4.69) is 66.9 Å². The van der Waals surface area contributed by atoms with Crippen LogP contribution in [-0.4, -0.2) is 37.1 Å². The van der Waals surface area contributed by atoms with Gasteiger partial charge in [0.15, 0.2) is 0 Å². The quantitative estimate of drug-likeness (QED) is 0.416. The topological polar surface area (TPSA) is 78.2 Å². The van der Waals surface area contributed by atoms with Crippen LogP contribution in [0.15, 0.2) is 64.3 Å². The van der Waals surface area contributed by atoms with E-state index < -0.39 is 5.41 Å². The first-order valence-corrected chi connectivity index (χ1v) is 15.3. The Morgan fingerprint density at radius 2 is 2.08 bits per heavy atom. The number of fused-ring (bicyclic) bond motifs is 2. The van der Waals surface area contributed by atoms with Crippen LogP contribution in [0.1, 0.15) is 34.8 Å². The van der Waals surface area contributed by atoms with Crippen LogP contribution in [0.25, 0.3) is 21.4 Å². The summed E-state index contributed by atoms with van der Waals surface area (Å²) in [7, 11) is 0. The molecule has 3 aliphatic rings. The van der Waals surface area contributed by atoms with Crippen LogP contribution in [0, 0.1) is 11.3 Å². The molecule has 1 atom stereocenters. The number of rotatable bonds is 5. The molecular weight excluding hydrogens is 587 g/mol. The molecule has 0 saturated carbocycles. The van der Waals surface area contributed by atoms with Gasteiger partial charge in [0.1, 0.15) is 0 Å².